The summed E-state index contributed by atoms with van der Waals surface area (Å²) in [6.45, 7) is 2.84. The van der Waals surface area contributed by atoms with Crippen molar-refractivity contribution in [3.05, 3.63) is 35.9 Å². The molecule has 0 aromatic heterocycles. The van der Waals surface area contributed by atoms with Crippen LogP contribution in [0.25, 0.3) is 0 Å². The fourth-order valence-electron chi connectivity index (χ4n) is 6.99. The van der Waals surface area contributed by atoms with E-state index in [1.165, 1.54) is 32.8 Å². The van der Waals surface area contributed by atoms with Gasteiger partial charge in [-0.05, 0) is 57.9 Å². The van der Waals surface area contributed by atoms with Gasteiger partial charge in [0.1, 0.15) is 24.2 Å². The Morgan fingerprint density at radius 3 is 2.26 bits per heavy atom. The van der Waals surface area contributed by atoms with Crippen LogP contribution in [0.15, 0.2) is 30.3 Å². The van der Waals surface area contributed by atoms with Gasteiger partial charge in [-0.1, -0.05) is 36.8 Å². The largest absolute Gasteiger partial charge is 0.469 e. The minimum Gasteiger partial charge on any atom is -0.469 e. The molecule has 2 aliphatic heterocycles. The van der Waals surface area contributed by atoms with E-state index in [-0.39, 0.29) is 64.6 Å². The molecule has 9 amide bonds. The molecule has 0 aliphatic carbocycles. The Balaban J connectivity index is 1.99. The number of hydrogen-bond acceptors (Lipinski definition) is 12. The maximum atomic E-state index is 14.2. The van der Waals surface area contributed by atoms with E-state index in [9.17, 15) is 52.7 Å². The van der Waals surface area contributed by atoms with Gasteiger partial charge in [0.05, 0.1) is 38.6 Å². The fourth-order valence-corrected chi connectivity index (χ4v) is 6.99. The summed E-state index contributed by atoms with van der Waals surface area (Å²) in [5.74, 6) is -9.29. The van der Waals surface area contributed by atoms with Gasteiger partial charge in [-0.15, -0.1) is 0 Å². The molecule has 6 atom stereocenters. The number of primary amides is 1. The average Bonchev–Trinajstić information content (AvgIpc) is 3.73. The second-order valence-electron chi connectivity index (χ2n) is 15.3. The van der Waals surface area contributed by atoms with Crippen LogP contribution in [0.2, 0.25) is 0 Å². The number of nitrogens with zero attached hydrogens (tertiary/aromatic N) is 2. The third-order valence-electron chi connectivity index (χ3n) is 10.5. The molecule has 5 unspecified atom stereocenters. The number of fused-ring (bicyclic) bond motifs is 1. The normalized spacial score (nSPS) is 21.8. The summed E-state index contributed by atoms with van der Waals surface area (Å²) in [4.78, 5) is 147. The number of Topliss-reactive ketones (excluding diaryl/α,β-unsaturated/α-hetero) is 1. The molecule has 2 heterocycles. The monoisotopic (exact) mass is 869 g/mol. The predicted molar refractivity (Wildman–Crippen MR) is 220 cm³/mol. The summed E-state index contributed by atoms with van der Waals surface area (Å²) in [6, 6.07) is 2.54. The summed E-state index contributed by atoms with van der Waals surface area (Å²) in [6.07, 6.45) is 0.387. The fraction of sp³-hybridized carbons (Fsp3) is 0.585. The van der Waals surface area contributed by atoms with Crippen molar-refractivity contribution >= 4 is 64.9 Å². The lowest BCUT2D eigenvalue weighted by Gasteiger charge is -2.28. The van der Waals surface area contributed by atoms with E-state index in [4.69, 9.17) is 5.73 Å². The average molecular weight is 870 g/mol. The van der Waals surface area contributed by atoms with Gasteiger partial charge in [-0.25, -0.2) is 0 Å². The molecule has 1 aromatic carbocycles. The van der Waals surface area contributed by atoms with Crippen molar-refractivity contribution in [3.63, 3.8) is 0 Å². The Labute approximate surface area is 359 Å². The van der Waals surface area contributed by atoms with E-state index in [1.807, 2.05) is 0 Å². The third-order valence-corrected chi connectivity index (χ3v) is 10.5. The molecule has 3 rings (SSSR count). The van der Waals surface area contributed by atoms with Crippen molar-refractivity contribution in [2.75, 3.05) is 39.8 Å². The number of methoxy groups -OCH3 is 1. The van der Waals surface area contributed by atoms with Crippen molar-refractivity contribution in [3.8, 4) is 0 Å². The van der Waals surface area contributed by atoms with Crippen molar-refractivity contribution in [1.29, 1.82) is 0 Å². The van der Waals surface area contributed by atoms with Gasteiger partial charge in [0.25, 0.3) is 0 Å². The minimum atomic E-state index is -1.63. The first-order chi connectivity index (χ1) is 29.4. The maximum absolute atomic E-state index is 14.2. The number of esters is 1. The lowest BCUT2D eigenvalue weighted by atomic mass is 9.88. The lowest BCUT2D eigenvalue weighted by Crippen LogP contribution is -2.58. The van der Waals surface area contributed by atoms with Gasteiger partial charge in [-0.2, -0.15) is 0 Å². The topological polar surface area (TPSA) is 302 Å². The van der Waals surface area contributed by atoms with Crippen LogP contribution in [-0.4, -0.2) is 145 Å². The van der Waals surface area contributed by atoms with E-state index in [2.05, 4.69) is 36.6 Å². The van der Waals surface area contributed by atoms with Gasteiger partial charge in [-0.3, -0.25) is 52.7 Å². The molecule has 340 valence electrons. The molecule has 0 radical (unpaired) electrons. The van der Waals surface area contributed by atoms with Crippen LogP contribution in [0.1, 0.15) is 77.7 Å². The van der Waals surface area contributed by atoms with E-state index in [0.29, 0.717) is 12.0 Å². The van der Waals surface area contributed by atoms with Gasteiger partial charge in [0.2, 0.25) is 53.2 Å². The van der Waals surface area contributed by atoms with Crippen molar-refractivity contribution < 1.29 is 57.5 Å². The molecular weight excluding hydrogens is 811 g/mol. The summed E-state index contributed by atoms with van der Waals surface area (Å²) >= 11 is 0. The van der Waals surface area contributed by atoms with Crippen LogP contribution < -0.4 is 37.6 Å². The molecule has 21 heteroatoms. The zero-order valence-electron chi connectivity index (χ0n) is 35.6. The highest BCUT2D eigenvalue weighted by molar-refractivity contribution is 6.06. The zero-order valence-corrected chi connectivity index (χ0v) is 35.6. The number of ketones is 1. The van der Waals surface area contributed by atoms with Gasteiger partial charge >= 0.3 is 5.97 Å². The van der Waals surface area contributed by atoms with Crippen LogP contribution in [-0.2, 0) is 63.9 Å². The first-order valence-electron chi connectivity index (χ1n) is 20.6. The Bertz CT molecular complexity index is 1830. The van der Waals surface area contributed by atoms with Crippen molar-refractivity contribution in [2.24, 2.45) is 11.7 Å². The van der Waals surface area contributed by atoms with Gasteiger partial charge < -0.3 is 52.2 Å². The number of hydrogen-bond donors (Lipinski definition) is 7. The second-order valence-corrected chi connectivity index (χ2v) is 15.3. The molecule has 2 saturated heterocycles. The first-order valence-corrected chi connectivity index (χ1v) is 20.6. The van der Waals surface area contributed by atoms with Crippen molar-refractivity contribution in [2.45, 2.75) is 109 Å². The SMILES string of the molecule is COC(=O)CCCNC(=O)CN1CCCCC(C(=O)C(Cc2ccccc2)NC(C)=O)C(=O)NCC(=O)N2CCC[C@H]2C(=O)NC(C)C(=O)NC(C(=O)NC(C)C(N)=O)CC1=O. The number of amides is 9. The number of rotatable bonds is 14. The Kier molecular flexibility index (Phi) is 19.9. The molecule has 0 saturated carbocycles. The number of benzene rings is 1. The predicted octanol–water partition coefficient (Wildman–Crippen LogP) is -2.52. The molecule has 2 aliphatic rings. The Morgan fingerprint density at radius 1 is 0.887 bits per heavy atom. The number of carbonyl (C=O) groups excluding carboxylic acids is 11. The number of nitrogens with two attached hydrogens (primary N) is 1. The second kappa shape index (κ2) is 24.7. The third kappa shape index (κ3) is 15.9. The lowest BCUT2D eigenvalue weighted by molar-refractivity contribution is -0.142. The van der Waals surface area contributed by atoms with E-state index < -0.39 is 121 Å². The number of carbonyl (C=O) groups is 11. The molecule has 0 bridgehead atoms. The smallest absolute Gasteiger partial charge is 0.305 e. The molecular formula is C41H59N9O12. The maximum Gasteiger partial charge on any atom is 0.305 e. The molecule has 62 heavy (non-hydrogen) atoms. The number of ether oxygens (including phenoxy) is 1. The molecule has 1 aromatic rings. The summed E-state index contributed by atoms with van der Waals surface area (Å²) in [7, 11) is 1.23. The highest BCUT2D eigenvalue weighted by atomic mass is 16.5. The van der Waals surface area contributed by atoms with E-state index in [1.54, 1.807) is 30.3 Å². The summed E-state index contributed by atoms with van der Waals surface area (Å²) < 4.78 is 4.61. The van der Waals surface area contributed by atoms with Crippen LogP contribution in [0.4, 0.5) is 0 Å². The number of nitrogens with one attached hydrogen (secondary N) is 6. The highest BCUT2D eigenvalue weighted by Gasteiger charge is 2.38. The van der Waals surface area contributed by atoms with Crippen molar-refractivity contribution in [1.82, 2.24) is 41.7 Å². The van der Waals surface area contributed by atoms with Crippen LogP contribution >= 0.6 is 0 Å². The quantitative estimate of drug-likeness (QED) is 0.0579. The summed E-state index contributed by atoms with van der Waals surface area (Å²) in [5.41, 5.74) is 6.04. The van der Waals surface area contributed by atoms with Crippen LogP contribution in [0.3, 0.4) is 0 Å². The highest BCUT2D eigenvalue weighted by Crippen LogP contribution is 2.20. The molecule has 2 fully saturated rings. The molecule has 8 N–H and O–H groups in total. The Hall–Kier alpha value is -6.41. The summed E-state index contributed by atoms with van der Waals surface area (Å²) in [5, 5.41) is 15.1. The van der Waals surface area contributed by atoms with Crippen LogP contribution in [0, 0.1) is 5.92 Å². The zero-order chi connectivity index (χ0) is 45.9. The standard InChI is InChI=1S/C41H59N9O12/c1-24(37(42)57)45-40(60)30-21-33(53)49(23-32(52)43-17-10-16-35(55)62-4)18-9-8-14-28(36(56)29(47-26(3)51)20-27-12-6-5-7-13-27)39(59)44-22-34(54)50-19-11-15-31(50)41(61)46-25(2)38(58)48-30/h5-7,12-13,24-25,28-31H,8-11,14-23H2,1-4H3,(H2,42,57)(H,43,52)(H,44,59)(H,45,60)(H,46,61)(H,47,51)(H,48,58)/t24?,25?,28?,29?,30?,31-/m0/s1. The van der Waals surface area contributed by atoms with E-state index >= 15 is 0 Å². The van der Waals surface area contributed by atoms with Crippen LogP contribution in [0.5, 0.6) is 0 Å². The molecule has 0 spiro atoms. The molecule has 21 nitrogen and oxygen atoms in total. The minimum absolute atomic E-state index is 0.0210. The van der Waals surface area contributed by atoms with E-state index in [0.717, 1.165) is 4.90 Å². The van der Waals surface area contributed by atoms with Gasteiger partial charge in [0, 0.05) is 33.0 Å². The van der Waals surface area contributed by atoms with Gasteiger partial charge in [0.15, 0.2) is 5.78 Å². The Morgan fingerprint density at radius 2 is 1.60 bits per heavy atom. The first kappa shape index (κ1) is 49.9.